The molecule has 0 bridgehead atoms. The van der Waals surface area contributed by atoms with Gasteiger partial charge in [-0.1, -0.05) is 63.2 Å². The van der Waals surface area contributed by atoms with Crippen LogP contribution in [0.15, 0.2) is 48.5 Å². The lowest BCUT2D eigenvalue weighted by Crippen LogP contribution is -2.11. The predicted octanol–water partition coefficient (Wildman–Crippen LogP) is 5.25. The lowest BCUT2D eigenvalue weighted by molar-refractivity contribution is -0.111. The van der Waals surface area contributed by atoms with E-state index < -0.39 is 0 Å². The van der Waals surface area contributed by atoms with Crippen molar-refractivity contribution in [3.63, 3.8) is 0 Å². The molecule has 0 radical (unpaired) electrons. The second kappa shape index (κ2) is 6.82. The van der Waals surface area contributed by atoms with E-state index >= 15 is 0 Å². The number of hydrogen-bond donors (Lipinski definition) is 1. The number of hydrogen-bond acceptors (Lipinski definition) is 1. The van der Waals surface area contributed by atoms with Gasteiger partial charge < -0.3 is 5.32 Å². The Hall–Kier alpha value is -2.35. The third-order valence-electron chi connectivity index (χ3n) is 3.93. The summed E-state index contributed by atoms with van der Waals surface area (Å²) in [5.74, 6) is -0.109. The SMILES string of the molecule is Cc1cccc(C)c1NC(=O)C=Cc1ccc(C(C)(C)C)cc1. The second-order valence-electron chi connectivity index (χ2n) is 6.96. The standard InChI is InChI=1S/C21H25NO/c1-15-7-6-8-16(2)20(15)22-19(23)14-11-17-9-12-18(13-10-17)21(3,4)5/h6-14H,1-5H3,(H,22,23). The zero-order valence-corrected chi connectivity index (χ0v) is 14.6. The maximum Gasteiger partial charge on any atom is 0.248 e. The zero-order chi connectivity index (χ0) is 17.0. The van der Waals surface area contributed by atoms with Gasteiger partial charge in [-0.05, 0) is 47.6 Å². The number of anilines is 1. The van der Waals surface area contributed by atoms with E-state index in [0.29, 0.717) is 0 Å². The molecule has 0 heterocycles. The first-order valence-electron chi connectivity index (χ1n) is 7.93. The number of aryl methyl sites for hydroxylation is 2. The summed E-state index contributed by atoms with van der Waals surface area (Å²) in [6.07, 6.45) is 3.42. The number of carbonyl (C=O) groups excluding carboxylic acids is 1. The molecule has 120 valence electrons. The van der Waals surface area contributed by atoms with E-state index in [2.05, 4.69) is 38.2 Å². The first-order chi connectivity index (χ1) is 10.8. The van der Waals surface area contributed by atoms with Crippen LogP contribution in [0.5, 0.6) is 0 Å². The first-order valence-corrected chi connectivity index (χ1v) is 7.93. The fourth-order valence-electron chi connectivity index (χ4n) is 2.44. The molecule has 0 unspecified atom stereocenters. The van der Waals surface area contributed by atoms with Gasteiger partial charge in [-0.2, -0.15) is 0 Å². The second-order valence-corrected chi connectivity index (χ2v) is 6.96. The molecule has 23 heavy (non-hydrogen) atoms. The number of nitrogens with one attached hydrogen (secondary N) is 1. The fourth-order valence-corrected chi connectivity index (χ4v) is 2.44. The van der Waals surface area contributed by atoms with Crippen molar-refractivity contribution in [1.29, 1.82) is 0 Å². The van der Waals surface area contributed by atoms with Gasteiger partial charge >= 0.3 is 0 Å². The van der Waals surface area contributed by atoms with Gasteiger partial charge in [0.2, 0.25) is 5.91 Å². The Morgan fingerprint density at radius 2 is 1.52 bits per heavy atom. The van der Waals surface area contributed by atoms with E-state index in [1.54, 1.807) is 6.08 Å². The minimum Gasteiger partial charge on any atom is -0.322 e. The topological polar surface area (TPSA) is 29.1 Å². The van der Waals surface area contributed by atoms with E-state index in [1.165, 1.54) is 5.56 Å². The Morgan fingerprint density at radius 3 is 2.04 bits per heavy atom. The van der Waals surface area contributed by atoms with E-state index in [4.69, 9.17) is 0 Å². The molecule has 2 heteroatoms. The third-order valence-corrected chi connectivity index (χ3v) is 3.93. The molecule has 0 spiro atoms. The van der Waals surface area contributed by atoms with E-state index in [-0.39, 0.29) is 11.3 Å². The monoisotopic (exact) mass is 307 g/mol. The van der Waals surface area contributed by atoms with Crippen molar-refractivity contribution in [2.24, 2.45) is 0 Å². The van der Waals surface area contributed by atoms with Gasteiger partial charge in [0.25, 0.3) is 0 Å². The molecule has 0 fully saturated rings. The first kappa shape index (κ1) is 17.0. The Labute approximate surface area is 139 Å². The van der Waals surface area contributed by atoms with Crippen LogP contribution in [0.1, 0.15) is 43.0 Å². The van der Waals surface area contributed by atoms with E-state index in [1.807, 2.05) is 50.3 Å². The number of amides is 1. The highest BCUT2D eigenvalue weighted by Gasteiger charge is 2.12. The number of para-hydroxylation sites is 1. The highest BCUT2D eigenvalue weighted by atomic mass is 16.1. The maximum atomic E-state index is 12.1. The van der Waals surface area contributed by atoms with E-state index in [9.17, 15) is 4.79 Å². The molecule has 0 saturated heterocycles. The summed E-state index contributed by atoms with van der Waals surface area (Å²) in [5.41, 5.74) is 5.49. The zero-order valence-electron chi connectivity index (χ0n) is 14.6. The lowest BCUT2D eigenvalue weighted by Gasteiger charge is -2.18. The van der Waals surface area contributed by atoms with Crippen LogP contribution in [0.3, 0.4) is 0 Å². The normalized spacial score (nSPS) is 11.7. The molecule has 0 aliphatic rings. The Bertz CT molecular complexity index is 698. The number of carbonyl (C=O) groups is 1. The minimum absolute atomic E-state index is 0.109. The average molecular weight is 307 g/mol. The van der Waals surface area contributed by atoms with Gasteiger partial charge in [0, 0.05) is 11.8 Å². The summed E-state index contributed by atoms with van der Waals surface area (Å²) in [4.78, 5) is 12.1. The maximum absolute atomic E-state index is 12.1. The molecular formula is C21H25NO. The summed E-state index contributed by atoms with van der Waals surface area (Å²) in [5, 5.41) is 2.96. The summed E-state index contributed by atoms with van der Waals surface area (Å²) < 4.78 is 0. The molecule has 2 rings (SSSR count). The van der Waals surface area contributed by atoms with Crippen LogP contribution in [0.25, 0.3) is 6.08 Å². The number of benzene rings is 2. The van der Waals surface area contributed by atoms with Gasteiger partial charge in [0.15, 0.2) is 0 Å². The molecule has 2 nitrogen and oxygen atoms in total. The van der Waals surface area contributed by atoms with Crippen molar-refractivity contribution in [1.82, 2.24) is 0 Å². The van der Waals surface area contributed by atoms with Gasteiger partial charge in [-0.25, -0.2) is 0 Å². The van der Waals surface area contributed by atoms with Crippen LogP contribution in [-0.2, 0) is 10.2 Å². The fraction of sp³-hybridized carbons (Fsp3) is 0.286. The third kappa shape index (κ3) is 4.56. The van der Waals surface area contributed by atoms with Crippen LogP contribution in [-0.4, -0.2) is 5.91 Å². The molecular weight excluding hydrogens is 282 g/mol. The molecule has 0 atom stereocenters. The van der Waals surface area contributed by atoms with Crippen LogP contribution in [0, 0.1) is 13.8 Å². The van der Waals surface area contributed by atoms with Gasteiger partial charge in [-0.15, -0.1) is 0 Å². The Balaban J connectivity index is 2.07. The minimum atomic E-state index is -0.109. The van der Waals surface area contributed by atoms with Crippen LogP contribution in [0.2, 0.25) is 0 Å². The smallest absolute Gasteiger partial charge is 0.248 e. The molecule has 2 aromatic rings. The van der Waals surface area contributed by atoms with Gasteiger partial charge in [-0.3, -0.25) is 4.79 Å². The van der Waals surface area contributed by atoms with Crippen LogP contribution in [0.4, 0.5) is 5.69 Å². The molecule has 1 N–H and O–H groups in total. The molecule has 0 aliphatic carbocycles. The van der Waals surface area contributed by atoms with Crippen molar-refractivity contribution in [3.8, 4) is 0 Å². The van der Waals surface area contributed by atoms with Gasteiger partial charge in [0.1, 0.15) is 0 Å². The largest absolute Gasteiger partial charge is 0.322 e. The quantitative estimate of drug-likeness (QED) is 0.771. The lowest BCUT2D eigenvalue weighted by atomic mass is 9.87. The average Bonchev–Trinajstić information content (AvgIpc) is 2.48. The summed E-state index contributed by atoms with van der Waals surface area (Å²) in [6.45, 7) is 10.6. The molecule has 0 aliphatic heterocycles. The van der Waals surface area contributed by atoms with Crippen LogP contribution < -0.4 is 5.32 Å². The van der Waals surface area contributed by atoms with Crippen molar-refractivity contribution in [2.75, 3.05) is 5.32 Å². The van der Waals surface area contributed by atoms with Crippen molar-refractivity contribution in [3.05, 3.63) is 70.8 Å². The molecule has 0 aromatic heterocycles. The highest BCUT2D eigenvalue weighted by Crippen LogP contribution is 2.22. The van der Waals surface area contributed by atoms with Crippen LogP contribution >= 0.6 is 0 Å². The van der Waals surface area contributed by atoms with Gasteiger partial charge in [0.05, 0.1) is 0 Å². The summed E-state index contributed by atoms with van der Waals surface area (Å²) in [6, 6.07) is 14.3. The van der Waals surface area contributed by atoms with Crippen molar-refractivity contribution in [2.45, 2.75) is 40.0 Å². The van der Waals surface area contributed by atoms with E-state index in [0.717, 1.165) is 22.4 Å². The molecule has 1 amide bonds. The van der Waals surface area contributed by atoms with Crippen molar-refractivity contribution < 1.29 is 4.79 Å². The summed E-state index contributed by atoms with van der Waals surface area (Å²) in [7, 11) is 0. The number of rotatable bonds is 3. The molecule has 0 saturated carbocycles. The summed E-state index contributed by atoms with van der Waals surface area (Å²) >= 11 is 0. The highest BCUT2D eigenvalue weighted by molar-refractivity contribution is 6.02. The predicted molar refractivity (Wildman–Crippen MR) is 98.7 cm³/mol. The Morgan fingerprint density at radius 1 is 0.957 bits per heavy atom. The molecule has 2 aromatic carbocycles. The Kier molecular flexibility index (Phi) is 5.05. The van der Waals surface area contributed by atoms with Crippen molar-refractivity contribution >= 4 is 17.7 Å².